The molecule has 0 amide bonds. The Balaban J connectivity index is 3.43. The van der Waals surface area contributed by atoms with Gasteiger partial charge in [-0.1, -0.05) is 0 Å². The predicted molar refractivity (Wildman–Crippen MR) is 33.9 cm³/mol. The number of rotatable bonds is 0. The van der Waals surface area contributed by atoms with Gasteiger partial charge in [0.15, 0.2) is 5.49 Å². The van der Waals surface area contributed by atoms with Crippen LogP contribution in [-0.2, 0) is 0 Å². The lowest BCUT2D eigenvalue weighted by molar-refractivity contribution is 0.167. The van der Waals surface area contributed by atoms with E-state index in [9.17, 15) is 0 Å². The molecule has 0 radical (unpaired) electrons. The predicted octanol–water partition coefficient (Wildman–Crippen LogP) is 0.219. The lowest BCUT2D eigenvalue weighted by Gasteiger charge is -1.99. The molecule has 0 bridgehead atoms. The average Bonchev–Trinajstić information content (AvgIpc) is 1.84. The van der Waals surface area contributed by atoms with E-state index in [0.29, 0.717) is 10.3 Å². The van der Waals surface area contributed by atoms with Crippen LogP contribution in [0.1, 0.15) is 5.56 Å². The molecular formula is C6H8N2O2. The molecule has 4 heteroatoms. The van der Waals surface area contributed by atoms with Crippen molar-refractivity contribution in [2.24, 2.45) is 0 Å². The fraction of sp³-hybridized carbons (Fsp3) is 0.167. The normalized spacial score (nSPS) is 9.70. The minimum atomic E-state index is -0.0460. The number of nitrogens with zero attached hydrogens (tertiary/aromatic N) is 1. The topological polar surface area (TPSA) is 69.2 Å². The van der Waals surface area contributed by atoms with Gasteiger partial charge in [0.25, 0.3) is 0 Å². The fourth-order valence-corrected chi connectivity index (χ4v) is 0.632. The van der Waals surface area contributed by atoms with E-state index in [4.69, 9.17) is 15.7 Å². The van der Waals surface area contributed by atoms with E-state index < -0.39 is 0 Å². The molecule has 1 aromatic heterocycles. The van der Waals surface area contributed by atoms with E-state index in [2.05, 4.69) is 0 Å². The van der Waals surface area contributed by atoms with Crippen LogP contribution in [0, 0.1) is 12.3 Å². The summed E-state index contributed by atoms with van der Waals surface area (Å²) in [6.45, 7) is 1.66. The Morgan fingerprint density at radius 2 is 2.20 bits per heavy atom. The SMILES string of the molecule is Cc1cc(=N)n(O)cc1O. The van der Waals surface area contributed by atoms with Crippen LogP contribution in [-0.4, -0.2) is 15.0 Å². The Kier molecular flexibility index (Phi) is 1.37. The number of aromatic hydroxyl groups is 1. The third-order valence-electron chi connectivity index (χ3n) is 1.25. The smallest absolute Gasteiger partial charge is 0.161 e. The first kappa shape index (κ1) is 6.67. The van der Waals surface area contributed by atoms with Crippen molar-refractivity contribution < 1.29 is 10.3 Å². The molecule has 1 heterocycles. The van der Waals surface area contributed by atoms with Gasteiger partial charge < -0.3 is 10.3 Å². The molecule has 1 rings (SSSR count). The molecule has 4 nitrogen and oxygen atoms in total. The Hall–Kier alpha value is -1.45. The fourth-order valence-electron chi connectivity index (χ4n) is 0.632. The van der Waals surface area contributed by atoms with Crippen molar-refractivity contribution in [3.63, 3.8) is 0 Å². The zero-order valence-corrected chi connectivity index (χ0v) is 5.50. The first-order valence-electron chi connectivity index (χ1n) is 2.77. The van der Waals surface area contributed by atoms with E-state index in [1.807, 2.05) is 0 Å². The first-order chi connectivity index (χ1) is 4.61. The summed E-state index contributed by atoms with van der Waals surface area (Å²) in [7, 11) is 0. The maximum absolute atomic E-state index is 8.96. The molecule has 0 unspecified atom stereocenters. The molecular weight excluding hydrogens is 132 g/mol. The summed E-state index contributed by atoms with van der Waals surface area (Å²) in [6, 6.07) is 1.37. The van der Waals surface area contributed by atoms with Crippen molar-refractivity contribution in [1.82, 2.24) is 4.73 Å². The molecule has 0 saturated heterocycles. The second kappa shape index (κ2) is 2.06. The third-order valence-corrected chi connectivity index (χ3v) is 1.25. The molecule has 1 aromatic rings. The van der Waals surface area contributed by atoms with Crippen molar-refractivity contribution in [3.05, 3.63) is 23.3 Å². The van der Waals surface area contributed by atoms with Gasteiger partial charge in [-0.3, -0.25) is 5.41 Å². The molecule has 0 atom stereocenters. The molecule has 0 aliphatic carbocycles. The summed E-state index contributed by atoms with van der Waals surface area (Å²) in [5.74, 6) is -0.0153. The molecule has 0 spiro atoms. The van der Waals surface area contributed by atoms with Gasteiger partial charge in [0.05, 0.1) is 6.20 Å². The maximum atomic E-state index is 8.96. The Labute approximate surface area is 57.5 Å². The van der Waals surface area contributed by atoms with Crippen LogP contribution >= 0.6 is 0 Å². The summed E-state index contributed by atoms with van der Waals surface area (Å²) >= 11 is 0. The Bertz CT molecular complexity index is 303. The van der Waals surface area contributed by atoms with E-state index in [0.717, 1.165) is 6.20 Å². The highest BCUT2D eigenvalue weighted by atomic mass is 16.5. The van der Waals surface area contributed by atoms with E-state index >= 15 is 0 Å². The first-order valence-corrected chi connectivity index (χ1v) is 2.77. The summed E-state index contributed by atoms with van der Waals surface area (Å²) in [6.07, 6.45) is 1.08. The quantitative estimate of drug-likeness (QED) is 0.451. The van der Waals surface area contributed by atoms with Gasteiger partial charge in [0.2, 0.25) is 0 Å². The van der Waals surface area contributed by atoms with Crippen LogP contribution in [0.2, 0.25) is 0 Å². The van der Waals surface area contributed by atoms with Gasteiger partial charge in [0.1, 0.15) is 5.75 Å². The van der Waals surface area contributed by atoms with Gasteiger partial charge >= 0.3 is 0 Å². The second-order valence-electron chi connectivity index (χ2n) is 2.07. The monoisotopic (exact) mass is 140 g/mol. The largest absolute Gasteiger partial charge is 0.506 e. The number of pyridine rings is 1. The maximum Gasteiger partial charge on any atom is 0.161 e. The van der Waals surface area contributed by atoms with E-state index in [-0.39, 0.29) is 11.2 Å². The van der Waals surface area contributed by atoms with Gasteiger partial charge in [-0.2, -0.15) is 4.73 Å². The highest BCUT2D eigenvalue weighted by Crippen LogP contribution is 2.09. The summed E-state index contributed by atoms with van der Waals surface area (Å²) in [5, 5.41) is 24.8. The van der Waals surface area contributed by atoms with Crippen LogP contribution in [0.15, 0.2) is 12.3 Å². The van der Waals surface area contributed by atoms with Gasteiger partial charge in [-0.15, -0.1) is 0 Å². The molecule has 0 saturated carbocycles. The number of aromatic nitrogens is 1. The van der Waals surface area contributed by atoms with Crippen molar-refractivity contribution >= 4 is 0 Å². The third kappa shape index (κ3) is 0.953. The van der Waals surface area contributed by atoms with Crippen molar-refractivity contribution in [2.75, 3.05) is 0 Å². The Morgan fingerprint density at radius 1 is 1.60 bits per heavy atom. The van der Waals surface area contributed by atoms with Crippen molar-refractivity contribution in [1.29, 1.82) is 5.41 Å². The van der Waals surface area contributed by atoms with Crippen LogP contribution in [0.25, 0.3) is 0 Å². The van der Waals surface area contributed by atoms with E-state index in [1.165, 1.54) is 6.07 Å². The molecule has 0 fully saturated rings. The van der Waals surface area contributed by atoms with Crippen molar-refractivity contribution in [3.8, 4) is 5.75 Å². The van der Waals surface area contributed by atoms with Gasteiger partial charge in [-0.05, 0) is 18.6 Å². The van der Waals surface area contributed by atoms with Crippen LogP contribution in [0.3, 0.4) is 0 Å². The molecule has 0 aliphatic heterocycles. The molecule has 54 valence electrons. The zero-order chi connectivity index (χ0) is 7.72. The van der Waals surface area contributed by atoms with Crippen LogP contribution < -0.4 is 5.49 Å². The highest BCUT2D eigenvalue weighted by molar-refractivity contribution is 5.25. The highest BCUT2D eigenvalue weighted by Gasteiger charge is 1.96. The molecule has 3 N–H and O–H groups in total. The number of hydrogen-bond donors (Lipinski definition) is 3. The minimum absolute atomic E-state index is 0.0153. The lowest BCUT2D eigenvalue weighted by Crippen LogP contribution is -2.15. The lowest BCUT2D eigenvalue weighted by atomic mass is 10.3. The van der Waals surface area contributed by atoms with Crippen molar-refractivity contribution in [2.45, 2.75) is 6.92 Å². The van der Waals surface area contributed by atoms with E-state index in [1.54, 1.807) is 6.92 Å². The van der Waals surface area contributed by atoms with Crippen LogP contribution in [0.5, 0.6) is 5.75 Å². The van der Waals surface area contributed by atoms with Crippen LogP contribution in [0.4, 0.5) is 0 Å². The summed E-state index contributed by atoms with van der Waals surface area (Å²) < 4.78 is 0.558. The standard InChI is InChI=1S/C6H8N2O2/c1-4-2-6(7)8(10)3-5(4)9/h2-3,7,9-10H,1H3. The second-order valence-corrected chi connectivity index (χ2v) is 2.07. The molecule has 0 aromatic carbocycles. The average molecular weight is 140 g/mol. The van der Waals surface area contributed by atoms with Gasteiger partial charge in [0, 0.05) is 0 Å². The summed E-state index contributed by atoms with van der Waals surface area (Å²) in [4.78, 5) is 0. The summed E-state index contributed by atoms with van der Waals surface area (Å²) in [5.41, 5.74) is 0.533. The number of aryl methyl sites for hydroxylation is 1. The zero-order valence-electron chi connectivity index (χ0n) is 5.50. The van der Waals surface area contributed by atoms with Gasteiger partial charge in [-0.25, -0.2) is 0 Å². The molecule has 10 heavy (non-hydrogen) atoms. The number of nitrogens with one attached hydrogen (secondary N) is 1. The number of hydrogen-bond acceptors (Lipinski definition) is 3. The molecule has 0 aliphatic rings. The Morgan fingerprint density at radius 3 is 2.70 bits per heavy atom. The minimum Gasteiger partial charge on any atom is -0.506 e.